The van der Waals surface area contributed by atoms with Crippen LogP contribution in [-0.4, -0.2) is 25.4 Å². The van der Waals surface area contributed by atoms with Gasteiger partial charge in [0.05, 0.1) is 5.69 Å². The number of nitrogens with zero attached hydrogens (tertiary/aromatic N) is 3. The third-order valence-corrected chi connectivity index (χ3v) is 8.39. The lowest BCUT2D eigenvalue weighted by Crippen LogP contribution is -2.16. The molecule has 39 heavy (non-hydrogen) atoms. The van der Waals surface area contributed by atoms with E-state index in [0.29, 0.717) is 5.56 Å². The molecule has 0 atom stereocenters. The van der Waals surface area contributed by atoms with E-state index in [9.17, 15) is 4.79 Å². The van der Waals surface area contributed by atoms with Crippen LogP contribution in [0, 0.1) is 0 Å². The summed E-state index contributed by atoms with van der Waals surface area (Å²) >= 11 is 1.65. The number of carbonyl (C=O) groups excluding carboxylic acids is 1. The first kappa shape index (κ1) is 28.6. The molecule has 0 radical (unpaired) electrons. The van der Waals surface area contributed by atoms with E-state index in [-0.39, 0.29) is 0 Å². The monoisotopic (exact) mass is 539 g/mol. The minimum absolute atomic E-state index is 0.699. The Labute approximate surface area is 238 Å². The maximum Gasteiger partial charge on any atom is 0.185 e. The highest BCUT2D eigenvalue weighted by Crippen LogP contribution is 2.33. The molecule has 0 aliphatic heterocycles. The Hall–Kier alpha value is -3.44. The molecule has 1 heterocycles. The third-order valence-electron chi connectivity index (χ3n) is 7.43. The summed E-state index contributed by atoms with van der Waals surface area (Å²) in [5.41, 5.74) is 8.03. The summed E-state index contributed by atoms with van der Waals surface area (Å²) in [5, 5.41) is 3.10. The minimum atomic E-state index is 0.699. The van der Waals surface area contributed by atoms with Crippen LogP contribution >= 0.6 is 11.3 Å². The normalized spacial score (nSPS) is 13.3. The van der Waals surface area contributed by atoms with Gasteiger partial charge in [0, 0.05) is 49.4 Å². The molecule has 0 amide bonds. The Morgan fingerprint density at radius 2 is 1.38 bits per heavy atom. The van der Waals surface area contributed by atoms with Gasteiger partial charge in [0.2, 0.25) is 0 Å². The number of thiazole rings is 1. The molecule has 0 saturated heterocycles. The molecule has 0 N–H and O–H groups in total. The molecular weight excluding hydrogens is 498 g/mol. The van der Waals surface area contributed by atoms with Crippen molar-refractivity contribution >= 4 is 28.4 Å². The predicted molar refractivity (Wildman–Crippen MR) is 167 cm³/mol. The second kappa shape index (κ2) is 14.1. The van der Waals surface area contributed by atoms with E-state index in [0.717, 1.165) is 47.2 Å². The van der Waals surface area contributed by atoms with Gasteiger partial charge in [0.1, 0.15) is 6.29 Å². The summed E-state index contributed by atoms with van der Waals surface area (Å²) in [6, 6.07) is 25.7. The first-order valence-corrected chi connectivity index (χ1v) is 15.1. The number of carbonyl (C=O) groups is 1. The number of rotatable bonds is 9. The topological polar surface area (TPSA) is 36.4 Å². The highest BCUT2D eigenvalue weighted by molar-refractivity contribution is 7.14. The summed E-state index contributed by atoms with van der Waals surface area (Å²) in [5.74, 6) is 0.758. The lowest BCUT2D eigenvalue weighted by molar-refractivity contribution is 0.112. The first-order chi connectivity index (χ1) is 19.1. The minimum Gasteiger partial charge on any atom is -0.370 e. The Balaban J connectivity index is 0.00000172. The van der Waals surface area contributed by atoms with Gasteiger partial charge in [-0.2, -0.15) is 0 Å². The molecule has 0 spiro atoms. The van der Waals surface area contributed by atoms with E-state index in [1.807, 2.05) is 38.1 Å². The number of aldehydes is 1. The summed E-state index contributed by atoms with van der Waals surface area (Å²) in [7, 11) is 4.21. The van der Waals surface area contributed by atoms with Crippen molar-refractivity contribution in [2.24, 2.45) is 0 Å². The zero-order chi connectivity index (χ0) is 27.6. The molecule has 4 aromatic rings. The fourth-order valence-electron chi connectivity index (χ4n) is 5.20. The van der Waals surface area contributed by atoms with Crippen molar-refractivity contribution in [1.29, 1.82) is 0 Å². The number of benzene rings is 3. The average molecular weight is 540 g/mol. The molecule has 5 heteroatoms. The predicted octanol–water partition coefficient (Wildman–Crippen LogP) is 8.97. The maximum absolute atomic E-state index is 10.9. The van der Waals surface area contributed by atoms with Crippen molar-refractivity contribution in [2.45, 2.75) is 65.0 Å². The van der Waals surface area contributed by atoms with Crippen LogP contribution < -0.4 is 9.80 Å². The van der Waals surface area contributed by atoms with E-state index in [4.69, 9.17) is 4.98 Å². The largest absolute Gasteiger partial charge is 0.370 e. The Morgan fingerprint density at radius 1 is 0.795 bits per heavy atom. The van der Waals surface area contributed by atoms with E-state index in [1.165, 1.54) is 48.9 Å². The number of anilines is 2. The van der Waals surface area contributed by atoms with E-state index in [2.05, 4.69) is 77.8 Å². The van der Waals surface area contributed by atoms with E-state index >= 15 is 0 Å². The van der Waals surface area contributed by atoms with Gasteiger partial charge in [-0.05, 0) is 47.6 Å². The van der Waals surface area contributed by atoms with E-state index in [1.54, 1.807) is 11.3 Å². The highest BCUT2D eigenvalue weighted by atomic mass is 32.1. The maximum atomic E-state index is 10.9. The fourth-order valence-corrected chi connectivity index (χ4v) is 6.00. The van der Waals surface area contributed by atoms with Gasteiger partial charge in [-0.25, -0.2) is 4.98 Å². The summed E-state index contributed by atoms with van der Waals surface area (Å²) < 4.78 is 0. The molecule has 1 fully saturated rings. The Kier molecular flexibility index (Phi) is 10.3. The van der Waals surface area contributed by atoms with Crippen molar-refractivity contribution < 1.29 is 4.79 Å². The number of hydrogen-bond donors (Lipinski definition) is 0. The fraction of sp³-hybridized carbons (Fsp3) is 0.353. The molecule has 4 nitrogen and oxygen atoms in total. The standard InChI is InChI=1S/C32H35N3OS.C2H6/c1-34(20-25-12-14-28(15-13-25)27-6-4-3-5-7-27)30-18-16-29(17-19-30)31-23-37-32(33-31)35(2)21-24-8-10-26(22-36)11-9-24;1-2/h8-19,22-23,27H,3-7,20-21H2,1-2H3;1-2H3. The second-order valence-electron chi connectivity index (χ2n) is 10.2. The molecule has 5 rings (SSSR count). The van der Waals surface area contributed by atoms with Crippen LogP contribution in [0.1, 0.15) is 78.9 Å². The van der Waals surface area contributed by atoms with Crippen LogP contribution in [-0.2, 0) is 13.1 Å². The van der Waals surface area contributed by atoms with Gasteiger partial charge in [-0.15, -0.1) is 11.3 Å². The summed E-state index contributed by atoms with van der Waals surface area (Å²) in [6.07, 6.45) is 7.72. The SMILES string of the molecule is CC.CN(Cc1ccc(C2CCCCC2)cc1)c1ccc(-c2csc(N(C)Cc3ccc(C=O)cc3)n2)cc1. The van der Waals surface area contributed by atoms with Crippen LogP contribution in [0.15, 0.2) is 78.2 Å². The molecular formula is C34H41N3OS. The second-order valence-corrected chi connectivity index (χ2v) is 11.0. The van der Waals surface area contributed by atoms with Gasteiger partial charge in [-0.3, -0.25) is 4.79 Å². The average Bonchev–Trinajstić information content (AvgIpc) is 3.50. The van der Waals surface area contributed by atoms with Crippen LogP contribution in [0.5, 0.6) is 0 Å². The quantitative estimate of drug-likeness (QED) is 0.199. The van der Waals surface area contributed by atoms with Crippen molar-refractivity contribution in [3.8, 4) is 11.3 Å². The van der Waals surface area contributed by atoms with Gasteiger partial charge in [0.15, 0.2) is 5.13 Å². The smallest absolute Gasteiger partial charge is 0.185 e. The van der Waals surface area contributed by atoms with Gasteiger partial charge >= 0.3 is 0 Å². The third kappa shape index (κ3) is 7.57. The van der Waals surface area contributed by atoms with Crippen molar-refractivity contribution in [3.63, 3.8) is 0 Å². The van der Waals surface area contributed by atoms with Crippen LogP contribution in [0.25, 0.3) is 11.3 Å². The Bertz CT molecular complexity index is 1290. The zero-order valence-electron chi connectivity index (χ0n) is 23.8. The first-order valence-electron chi connectivity index (χ1n) is 14.2. The number of hydrogen-bond acceptors (Lipinski definition) is 5. The van der Waals surface area contributed by atoms with Crippen LogP contribution in [0.3, 0.4) is 0 Å². The van der Waals surface area contributed by atoms with Crippen LogP contribution in [0.4, 0.5) is 10.8 Å². The lowest BCUT2D eigenvalue weighted by atomic mass is 9.84. The molecule has 204 valence electrons. The van der Waals surface area contributed by atoms with Crippen molar-refractivity contribution in [2.75, 3.05) is 23.9 Å². The lowest BCUT2D eigenvalue weighted by Gasteiger charge is -2.23. The molecule has 1 aliphatic rings. The molecule has 1 aliphatic carbocycles. The van der Waals surface area contributed by atoms with Crippen LogP contribution in [0.2, 0.25) is 0 Å². The molecule has 0 unspecified atom stereocenters. The van der Waals surface area contributed by atoms with E-state index < -0.39 is 0 Å². The van der Waals surface area contributed by atoms with Gasteiger partial charge in [0.25, 0.3) is 0 Å². The molecule has 0 bridgehead atoms. The summed E-state index contributed by atoms with van der Waals surface area (Å²) in [6.45, 7) is 5.64. The van der Waals surface area contributed by atoms with Crippen molar-refractivity contribution in [1.82, 2.24) is 4.98 Å². The van der Waals surface area contributed by atoms with Gasteiger partial charge < -0.3 is 9.80 Å². The molecule has 1 aromatic heterocycles. The number of aromatic nitrogens is 1. The van der Waals surface area contributed by atoms with Crippen molar-refractivity contribution in [3.05, 3.63) is 100 Å². The summed E-state index contributed by atoms with van der Waals surface area (Å²) in [4.78, 5) is 20.2. The molecule has 1 saturated carbocycles. The highest BCUT2D eigenvalue weighted by Gasteiger charge is 2.15. The van der Waals surface area contributed by atoms with Gasteiger partial charge in [-0.1, -0.05) is 93.8 Å². The molecule has 3 aromatic carbocycles. The zero-order valence-corrected chi connectivity index (χ0v) is 24.6. The Morgan fingerprint density at radius 3 is 2.00 bits per heavy atom.